The van der Waals surface area contributed by atoms with Crippen LogP contribution in [-0.2, 0) is 11.3 Å². The van der Waals surface area contributed by atoms with Crippen LogP contribution in [0.4, 0.5) is 0 Å². The zero-order valence-corrected chi connectivity index (χ0v) is 12.0. The zero-order valence-electron chi connectivity index (χ0n) is 10.4. The maximum absolute atomic E-state index is 6.01. The van der Waals surface area contributed by atoms with Crippen LogP contribution in [0, 0.1) is 0 Å². The van der Waals surface area contributed by atoms with Gasteiger partial charge in [-0.2, -0.15) is 0 Å². The molecule has 1 heterocycles. The van der Waals surface area contributed by atoms with Gasteiger partial charge in [0.25, 0.3) is 0 Å². The third kappa shape index (κ3) is 3.16. The maximum Gasteiger partial charge on any atom is 0.175 e. The molecule has 0 radical (unpaired) electrons. The SMILES string of the molecule is COc1cc(CN)cc(Br)c1OC1CCOCC1. The van der Waals surface area contributed by atoms with Gasteiger partial charge in [0, 0.05) is 19.4 Å². The number of benzene rings is 1. The molecule has 0 spiro atoms. The fourth-order valence-electron chi connectivity index (χ4n) is 1.97. The second kappa shape index (κ2) is 6.41. The van der Waals surface area contributed by atoms with E-state index in [0.29, 0.717) is 6.54 Å². The second-order valence-electron chi connectivity index (χ2n) is 4.24. The van der Waals surface area contributed by atoms with E-state index in [0.717, 1.165) is 47.6 Å². The lowest BCUT2D eigenvalue weighted by molar-refractivity contribution is 0.0242. The van der Waals surface area contributed by atoms with E-state index in [1.54, 1.807) is 7.11 Å². The van der Waals surface area contributed by atoms with Crippen molar-refractivity contribution < 1.29 is 14.2 Å². The molecule has 0 aromatic heterocycles. The Kier molecular flexibility index (Phi) is 4.86. The van der Waals surface area contributed by atoms with Crippen molar-refractivity contribution in [2.45, 2.75) is 25.5 Å². The first-order chi connectivity index (χ1) is 8.74. The Morgan fingerprint density at radius 3 is 2.72 bits per heavy atom. The average molecular weight is 316 g/mol. The summed E-state index contributed by atoms with van der Waals surface area (Å²) in [5, 5.41) is 0. The van der Waals surface area contributed by atoms with Crippen molar-refractivity contribution in [2.75, 3.05) is 20.3 Å². The number of halogens is 1. The monoisotopic (exact) mass is 315 g/mol. The summed E-state index contributed by atoms with van der Waals surface area (Å²) in [5.41, 5.74) is 6.65. The summed E-state index contributed by atoms with van der Waals surface area (Å²) in [7, 11) is 1.64. The van der Waals surface area contributed by atoms with Gasteiger partial charge in [-0.1, -0.05) is 0 Å². The molecule has 0 amide bonds. The molecular formula is C13H18BrNO3. The molecule has 1 aromatic carbocycles. The van der Waals surface area contributed by atoms with Crippen LogP contribution in [0.1, 0.15) is 18.4 Å². The highest BCUT2D eigenvalue weighted by Crippen LogP contribution is 2.38. The molecule has 2 rings (SSSR count). The van der Waals surface area contributed by atoms with Gasteiger partial charge in [-0.05, 0) is 33.6 Å². The van der Waals surface area contributed by atoms with Gasteiger partial charge < -0.3 is 19.9 Å². The van der Waals surface area contributed by atoms with Crippen molar-refractivity contribution in [1.29, 1.82) is 0 Å². The minimum absolute atomic E-state index is 0.188. The minimum Gasteiger partial charge on any atom is -0.493 e. The van der Waals surface area contributed by atoms with E-state index >= 15 is 0 Å². The fourth-order valence-corrected chi connectivity index (χ4v) is 2.55. The lowest BCUT2D eigenvalue weighted by atomic mass is 10.1. The lowest BCUT2D eigenvalue weighted by Crippen LogP contribution is -2.26. The molecule has 0 atom stereocenters. The quantitative estimate of drug-likeness (QED) is 0.927. The summed E-state index contributed by atoms with van der Waals surface area (Å²) in [6, 6.07) is 3.89. The van der Waals surface area contributed by atoms with Crippen LogP contribution in [-0.4, -0.2) is 26.4 Å². The number of methoxy groups -OCH3 is 1. The Morgan fingerprint density at radius 2 is 2.11 bits per heavy atom. The molecule has 1 fully saturated rings. The molecule has 4 nitrogen and oxygen atoms in total. The molecule has 100 valence electrons. The van der Waals surface area contributed by atoms with E-state index < -0.39 is 0 Å². The Bertz CT molecular complexity index is 405. The lowest BCUT2D eigenvalue weighted by Gasteiger charge is -2.25. The van der Waals surface area contributed by atoms with Crippen molar-refractivity contribution in [3.05, 3.63) is 22.2 Å². The van der Waals surface area contributed by atoms with Crippen LogP contribution < -0.4 is 15.2 Å². The highest BCUT2D eigenvalue weighted by molar-refractivity contribution is 9.10. The normalized spacial score (nSPS) is 16.6. The highest BCUT2D eigenvalue weighted by atomic mass is 79.9. The zero-order chi connectivity index (χ0) is 13.0. The Balaban J connectivity index is 2.19. The van der Waals surface area contributed by atoms with Crippen molar-refractivity contribution in [1.82, 2.24) is 0 Å². The van der Waals surface area contributed by atoms with E-state index in [9.17, 15) is 0 Å². The smallest absolute Gasteiger partial charge is 0.175 e. The van der Waals surface area contributed by atoms with Gasteiger partial charge in [0.2, 0.25) is 0 Å². The van der Waals surface area contributed by atoms with E-state index in [1.165, 1.54) is 0 Å². The van der Waals surface area contributed by atoms with Gasteiger partial charge in [0.1, 0.15) is 6.10 Å². The molecule has 1 aromatic rings. The molecule has 18 heavy (non-hydrogen) atoms. The molecule has 0 aliphatic carbocycles. The molecule has 2 N–H and O–H groups in total. The second-order valence-corrected chi connectivity index (χ2v) is 5.10. The molecule has 0 unspecified atom stereocenters. The molecule has 1 aliphatic rings. The van der Waals surface area contributed by atoms with Gasteiger partial charge in [0.15, 0.2) is 11.5 Å². The third-order valence-electron chi connectivity index (χ3n) is 2.98. The van der Waals surface area contributed by atoms with Crippen LogP contribution in [0.3, 0.4) is 0 Å². The molecular weight excluding hydrogens is 298 g/mol. The summed E-state index contributed by atoms with van der Waals surface area (Å²) in [6.45, 7) is 1.99. The Labute approximate surface area is 116 Å². The number of hydrogen-bond donors (Lipinski definition) is 1. The Morgan fingerprint density at radius 1 is 1.39 bits per heavy atom. The van der Waals surface area contributed by atoms with E-state index in [-0.39, 0.29) is 6.10 Å². The van der Waals surface area contributed by atoms with Crippen LogP contribution in [0.5, 0.6) is 11.5 Å². The summed E-state index contributed by atoms with van der Waals surface area (Å²) in [4.78, 5) is 0. The predicted molar refractivity (Wildman–Crippen MR) is 73.1 cm³/mol. The molecule has 5 heteroatoms. The van der Waals surface area contributed by atoms with E-state index in [2.05, 4.69) is 15.9 Å². The molecule has 0 bridgehead atoms. The minimum atomic E-state index is 0.188. The topological polar surface area (TPSA) is 53.7 Å². The molecule has 1 aliphatic heterocycles. The van der Waals surface area contributed by atoms with Crippen molar-refractivity contribution in [3.63, 3.8) is 0 Å². The van der Waals surface area contributed by atoms with Gasteiger partial charge in [0.05, 0.1) is 24.8 Å². The summed E-state index contributed by atoms with van der Waals surface area (Å²) < 4.78 is 17.6. The largest absolute Gasteiger partial charge is 0.493 e. The first-order valence-electron chi connectivity index (χ1n) is 6.05. The summed E-state index contributed by atoms with van der Waals surface area (Å²) in [6.07, 6.45) is 2.01. The first kappa shape index (κ1) is 13.6. The van der Waals surface area contributed by atoms with Gasteiger partial charge in [-0.3, -0.25) is 0 Å². The molecule has 1 saturated heterocycles. The molecule has 0 saturated carbocycles. The highest BCUT2D eigenvalue weighted by Gasteiger charge is 2.19. The van der Waals surface area contributed by atoms with Crippen molar-refractivity contribution in [3.8, 4) is 11.5 Å². The number of nitrogens with two attached hydrogens (primary N) is 1. The van der Waals surface area contributed by atoms with Crippen LogP contribution in [0.15, 0.2) is 16.6 Å². The van der Waals surface area contributed by atoms with Crippen LogP contribution >= 0.6 is 15.9 Å². The van der Waals surface area contributed by atoms with E-state index in [1.807, 2.05) is 12.1 Å². The van der Waals surface area contributed by atoms with Crippen LogP contribution in [0.25, 0.3) is 0 Å². The number of ether oxygens (including phenoxy) is 3. The standard InChI is InChI=1S/C13H18BrNO3/c1-16-12-7-9(8-15)6-11(14)13(12)18-10-2-4-17-5-3-10/h6-7,10H,2-5,8,15H2,1H3. The fraction of sp³-hybridized carbons (Fsp3) is 0.538. The van der Waals surface area contributed by atoms with Crippen molar-refractivity contribution in [2.24, 2.45) is 5.73 Å². The first-order valence-corrected chi connectivity index (χ1v) is 6.84. The number of hydrogen-bond acceptors (Lipinski definition) is 4. The number of rotatable bonds is 4. The average Bonchev–Trinajstić information content (AvgIpc) is 2.42. The summed E-state index contributed by atoms with van der Waals surface area (Å²) in [5.74, 6) is 1.47. The van der Waals surface area contributed by atoms with Crippen molar-refractivity contribution >= 4 is 15.9 Å². The third-order valence-corrected chi connectivity index (χ3v) is 3.57. The van der Waals surface area contributed by atoms with Gasteiger partial charge in [-0.15, -0.1) is 0 Å². The van der Waals surface area contributed by atoms with Gasteiger partial charge >= 0.3 is 0 Å². The van der Waals surface area contributed by atoms with E-state index in [4.69, 9.17) is 19.9 Å². The maximum atomic E-state index is 6.01. The predicted octanol–water partition coefficient (Wildman–Crippen LogP) is 2.47. The Hall–Kier alpha value is -0.780. The summed E-state index contributed by atoms with van der Waals surface area (Å²) >= 11 is 3.51. The van der Waals surface area contributed by atoms with Crippen LogP contribution in [0.2, 0.25) is 0 Å². The van der Waals surface area contributed by atoms with Gasteiger partial charge in [-0.25, -0.2) is 0 Å².